The third-order valence-corrected chi connectivity index (χ3v) is 4.93. The van der Waals surface area contributed by atoms with Gasteiger partial charge < -0.3 is 0 Å². The molecule has 0 heterocycles. The number of benzene rings is 1. The number of rotatable bonds is 5. The molecule has 3 nitrogen and oxygen atoms in total. The van der Waals surface area contributed by atoms with E-state index in [-0.39, 0.29) is 11.4 Å². The van der Waals surface area contributed by atoms with Crippen molar-refractivity contribution in [2.24, 2.45) is 0 Å². The van der Waals surface area contributed by atoms with Gasteiger partial charge in [0, 0.05) is 6.54 Å². The van der Waals surface area contributed by atoms with Crippen LogP contribution in [0.1, 0.15) is 19.4 Å². The summed E-state index contributed by atoms with van der Waals surface area (Å²) in [4.78, 5) is 0.239. The van der Waals surface area contributed by atoms with Crippen LogP contribution in [0.2, 0.25) is 0 Å². The molecule has 0 amide bonds. The Morgan fingerprint density at radius 2 is 1.89 bits per heavy atom. The van der Waals surface area contributed by atoms with Crippen molar-refractivity contribution < 1.29 is 8.42 Å². The fourth-order valence-corrected chi connectivity index (χ4v) is 3.34. The Labute approximate surface area is 116 Å². The zero-order valence-corrected chi connectivity index (χ0v) is 12.4. The van der Waals surface area contributed by atoms with E-state index in [1.54, 1.807) is 38.1 Å². The van der Waals surface area contributed by atoms with Gasteiger partial charge in [0.25, 0.3) is 0 Å². The molecule has 0 spiro atoms. The summed E-state index contributed by atoms with van der Waals surface area (Å²) < 4.78 is 26.5. The third kappa shape index (κ3) is 3.25. The second-order valence-electron chi connectivity index (χ2n) is 4.84. The van der Waals surface area contributed by atoms with Crippen LogP contribution in [0.15, 0.2) is 41.8 Å². The second kappa shape index (κ2) is 5.60. The van der Waals surface area contributed by atoms with Gasteiger partial charge >= 0.3 is 0 Å². The van der Waals surface area contributed by atoms with Gasteiger partial charge in [0.15, 0.2) is 0 Å². The summed E-state index contributed by atoms with van der Waals surface area (Å²) in [6.07, 6.45) is 6.98. The van der Waals surface area contributed by atoms with Gasteiger partial charge in [-0.3, -0.25) is 0 Å². The van der Waals surface area contributed by atoms with Gasteiger partial charge in [-0.2, -0.15) is 4.31 Å². The summed E-state index contributed by atoms with van der Waals surface area (Å²) in [7, 11) is -3.63. The van der Waals surface area contributed by atoms with Crippen LogP contribution in [0, 0.1) is 19.3 Å². The first-order valence-corrected chi connectivity index (χ1v) is 7.38. The maximum atomic E-state index is 12.6. The summed E-state index contributed by atoms with van der Waals surface area (Å²) in [6.45, 7) is 9.07. The van der Waals surface area contributed by atoms with Gasteiger partial charge in [0.2, 0.25) is 10.0 Å². The van der Waals surface area contributed by atoms with E-state index in [1.165, 1.54) is 10.4 Å². The minimum absolute atomic E-state index is 0.174. The van der Waals surface area contributed by atoms with E-state index in [1.807, 2.05) is 6.92 Å². The van der Waals surface area contributed by atoms with Crippen LogP contribution in [0.4, 0.5) is 0 Å². The van der Waals surface area contributed by atoms with Crippen molar-refractivity contribution in [1.82, 2.24) is 4.31 Å². The zero-order valence-electron chi connectivity index (χ0n) is 11.6. The number of aryl methyl sites for hydroxylation is 1. The number of sulfonamides is 1. The zero-order chi connectivity index (χ0) is 14.7. The van der Waals surface area contributed by atoms with E-state index in [0.717, 1.165) is 5.56 Å². The predicted molar refractivity (Wildman–Crippen MR) is 78.2 cm³/mol. The molecule has 0 aliphatic carbocycles. The van der Waals surface area contributed by atoms with Gasteiger partial charge in [-0.15, -0.1) is 13.0 Å². The Morgan fingerprint density at radius 3 is 2.32 bits per heavy atom. The van der Waals surface area contributed by atoms with Crippen molar-refractivity contribution in [3.8, 4) is 12.3 Å². The molecule has 1 aromatic rings. The van der Waals surface area contributed by atoms with E-state index >= 15 is 0 Å². The monoisotopic (exact) mass is 277 g/mol. The maximum Gasteiger partial charge on any atom is 0.244 e. The highest BCUT2D eigenvalue weighted by atomic mass is 32.2. The molecule has 0 bridgehead atoms. The molecule has 0 fully saturated rings. The number of hydrogen-bond acceptors (Lipinski definition) is 2. The molecule has 0 N–H and O–H groups in total. The van der Waals surface area contributed by atoms with E-state index in [9.17, 15) is 8.42 Å². The highest BCUT2D eigenvalue weighted by Gasteiger charge is 2.34. The van der Waals surface area contributed by atoms with Crippen LogP contribution in [-0.4, -0.2) is 24.8 Å². The van der Waals surface area contributed by atoms with Crippen molar-refractivity contribution in [2.75, 3.05) is 6.54 Å². The Hall–Kier alpha value is -1.57. The van der Waals surface area contributed by atoms with Crippen molar-refractivity contribution >= 4 is 10.0 Å². The van der Waals surface area contributed by atoms with Crippen LogP contribution in [0.3, 0.4) is 0 Å². The van der Waals surface area contributed by atoms with Crippen LogP contribution in [0.5, 0.6) is 0 Å². The Kier molecular flexibility index (Phi) is 4.56. The smallest absolute Gasteiger partial charge is 0.207 e. The topological polar surface area (TPSA) is 37.4 Å². The van der Waals surface area contributed by atoms with Gasteiger partial charge in [-0.25, -0.2) is 8.42 Å². The average molecular weight is 277 g/mol. The van der Waals surface area contributed by atoms with Gasteiger partial charge in [0.1, 0.15) is 0 Å². The summed E-state index contributed by atoms with van der Waals surface area (Å²) in [5, 5.41) is 0. The predicted octanol–water partition coefficient (Wildman–Crippen LogP) is 2.58. The van der Waals surface area contributed by atoms with Crippen LogP contribution < -0.4 is 0 Å². The molecular formula is C15H19NO2S. The lowest BCUT2D eigenvalue weighted by Gasteiger charge is -2.32. The first-order chi connectivity index (χ1) is 8.75. The lowest BCUT2D eigenvalue weighted by atomic mass is 10.1. The number of hydrogen-bond donors (Lipinski definition) is 0. The Bertz CT molecular complexity index is 592. The molecule has 0 aliphatic heterocycles. The molecular weight excluding hydrogens is 258 g/mol. The third-order valence-electron chi connectivity index (χ3n) is 2.88. The molecule has 0 saturated heterocycles. The number of terminal acetylenes is 1. The first kappa shape index (κ1) is 15.5. The average Bonchev–Trinajstić information content (AvgIpc) is 2.36. The lowest BCUT2D eigenvalue weighted by Crippen LogP contribution is -2.46. The lowest BCUT2D eigenvalue weighted by molar-refractivity contribution is 0.315. The standard InChI is InChI=1S/C15H19NO2S/c1-6-12-16(15(4,5)7-2)19(17,18)14-10-8-13(3)9-11-14/h2,6,8-11H,1,12H2,3-5H3. The first-order valence-electron chi connectivity index (χ1n) is 5.94. The van der Waals surface area contributed by atoms with E-state index < -0.39 is 15.6 Å². The van der Waals surface area contributed by atoms with Crippen LogP contribution in [0.25, 0.3) is 0 Å². The van der Waals surface area contributed by atoms with Crippen molar-refractivity contribution in [3.63, 3.8) is 0 Å². The second-order valence-corrected chi connectivity index (χ2v) is 6.70. The Balaban J connectivity index is 3.33. The molecule has 0 aromatic heterocycles. The fourth-order valence-electron chi connectivity index (χ4n) is 1.65. The molecule has 102 valence electrons. The molecule has 0 atom stereocenters. The molecule has 0 radical (unpaired) electrons. The molecule has 0 saturated carbocycles. The molecule has 1 rings (SSSR count). The quantitative estimate of drug-likeness (QED) is 0.613. The highest BCUT2D eigenvalue weighted by Crippen LogP contribution is 2.24. The van der Waals surface area contributed by atoms with E-state index in [0.29, 0.717) is 0 Å². The fraction of sp³-hybridized carbons (Fsp3) is 0.333. The minimum atomic E-state index is -3.63. The van der Waals surface area contributed by atoms with E-state index in [2.05, 4.69) is 12.5 Å². The van der Waals surface area contributed by atoms with Gasteiger partial charge in [0.05, 0.1) is 10.4 Å². The van der Waals surface area contributed by atoms with Crippen LogP contribution >= 0.6 is 0 Å². The Morgan fingerprint density at radius 1 is 1.37 bits per heavy atom. The largest absolute Gasteiger partial charge is 0.244 e. The maximum absolute atomic E-state index is 12.6. The van der Waals surface area contributed by atoms with Crippen molar-refractivity contribution in [2.45, 2.75) is 31.2 Å². The van der Waals surface area contributed by atoms with Crippen molar-refractivity contribution in [1.29, 1.82) is 0 Å². The number of nitrogens with zero attached hydrogens (tertiary/aromatic N) is 1. The summed E-state index contributed by atoms with van der Waals surface area (Å²) >= 11 is 0. The summed E-state index contributed by atoms with van der Waals surface area (Å²) in [5.74, 6) is 2.51. The summed E-state index contributed by atoms with van der Waals surface area (Å²) in [5.41, 5.74) is 0.100. The molecule has 4 heteroatoms. The molecule has 0 unspecified atom stereocenters. The SMILES string of the molecule is C#CC(C)(C)N(CC=C)S(=O)(=O)c1ccc(C)cc1. The molecule has 0 aliphatic rings. The van der Waals surface area contributed by atoms with Gasteiger partial charge in [-0.05, 0) is 32.9 Å². The van der Waals surface area contributed by atoms with E-state index in [4.69, 9.17) is 6.42 Å². The van der Waals surface area contributed by atoms with Gasteiger partial charge in [-0.1, -0.05) is 29.7 Å². The molecule has 1 aromatic carbocycles. The van der Waals surface area contributed by atoms with Crippen LogP contribution in [-0.2, 0) is 10.0 Å². The summed E-state index contributed by atoms with van der Waals surface area (Å²) in [6, 6.07) is 6.71. The highest BCUT2D eigenvalue weighted by molar-refractivity contribution is 7.89. The molecule has 19 heavy (non-hydrogen) atoms. The van der Waals surface area contributed by atoms with Crippen molar-refractivity contribution in [3.05, 3.63) is 42.5 Å². The normalized spacial score (nSPS) is 12.2. The minimum Gasteiger partial charge on any atom is -0.207 e.